The van der Waals surface area contributed by atoms with E-state index < -0.39 is 11.8 Å². The van der Waals surface area contributed by atoms with Crippen molar-refractivity contribution in [2.75, 3.05) is 5.32 Å². The molecular weight excluding hydrogens is 338 g/mol. The molecule has 23 heavy (non-hydrogen) atoms. The third-order valence-corrected chi connectivity index (χ3v) is 6.23. The van der Waals surface area contributed by atoms with Crippen molar-refractivity contribution in [2.45, 2.75) is 24.7 Å². The van der Waals surface area contributed by atoms with Gasteiger partial charge in [-0.05, 0) is 36.4 Å². The van der Waals surface area contributed by atoms with Gasteiger partial charge in [0.25, 0.3) is 6.43 Å². The summed E-state index contributed by atoms with van der Waals surface area (Å²) >= 11 is 2.50. The van der Waals surface area contributed by atoms with Gasteiger partial charge in [0, 0.05) is 4.88 Å². The second-order valence-corrected chi connectivity index (χ2v) is 7.50. The molecule has 0 atom stereocenters. The van der Waals surface area contributed by atoms with Gasteiger partial charge in [-0.3, -0.25) is 4.79 Å². The van der Waals surface area contributed by atoms with E-state index in [2.05, 4.69) is 10.3 Å². The Labute approximate surface area is 139 Å². The minimum absolute atomic E-state index is 0.0700. The Morgan fingerprint density at radius 3 is 2.74 bits per heavy atom. The predicted molar refractivity (Wildman–Crippen MR) is 88.4 cm³/mol. The van der Waals surface area contributed by atoms with Crippen LogP contribution in [0, 0.1) is 0 Å². The number of hydrogen-bond acceptors (Lipinski definition) is 4. The fourth-order valence-corrected chi connectivity index (χ4v) is 4.53. The lowest BCUT2D eigenvalue weighted by molar-refractivity contribution is -0.118. The number of carbonyl (C=O) groups is 1. The lowest BCUT2D eigenvalue weighted by Gasteiger charge is -2.14. The smallest absolute Gasteiger partial charge is 0.289 e. The number of alkyl halides is 2. The quantitative estimate of drug-likeness (QED) is 0.722. The number of amides is 1. The van der Waals surface area contributed by atoms with Gasteiger partial charge in [0.15, 0.2) is 5.01 Å². The standard InChI is InChI=1S/C16H12F2N2OS2/c17-13(18)14-19-9-3-1-4-10(12(9)23-14)20-15(21)16(6-7-16)11-5-2-8-22-11/h1-5,8,13H,6-7H2,(H,20,21). The van der Waals surface area contributed by atoms with Crippen molar-refractivity contribution >= 4 is 44.5 Å². The highest BCUT2D eigenvalue weighted by atomic mass is 32.1. The highest BCUT2D eigenvalue weighted by Crippen LogP contribution is 2.51. The van der Waals surface area contributed by atoms with Crippen molar-refractivity contribution in [1.82, 2.24) is 4.98 Å². The van der Waals surface area contributed by atoms with E-state index in [1.165, 1.54) is 0 Å². The van der Waals surface area contributed by atoms with Crippen LogP contribution in [0.4, 0.5) is 14.5 Å². The number of benzene rings is 1. The Hall–Kier alpha value is -1.86. The Morgan fingerprint density at radius 1 is 1.26 bits per heavy atom. The molecule has 118 valence electrons. The summed E-state index contributed by atoms with van der Waals surface area (Å²) in [5.41, 5.74) is 0.593. The van der Waals surface area contributed by atoms with Crippen LogP contribution in [0.5, 0.6) is 0 Å². The average Bonchev–Trinajstić information content (AvgIpc) is 2.99. The number of anilines is 1. The normalized spacial score (nSPS) is 16.0. The van der Waals surface area contributed by atoms with Crippen LogP contribution in [0.1, 0.15) is 29.2 Å². The van der Waals surface area contributed by atoms with Gasteiger partial charge in [-0.1, -0.05) is 12.1 Å². The molecule has 4 rings (SSSR count). The molecule has 2 aromatic heterocycles. The van der Waals surface area contributed by atoms with Crippen LogP contribution in [0.15, 0.2) is 35.7 Å². The van der Waals surface area contributed by atoms with Crippen molar-refractivity contribution in [3.05, 3.63) is 45.6 Å². The van der Waals surface area contributed by atoms with Gasteiger partial charge in [-0.25, -0.2) is 13.8 Å². The maximum atomic E-state index is 12.8. The van der Waals surface area contributed by atoms with Crippen LogP contribution in [0.2, 0.25) is 0 Å². The Balaban J connectivity index is 1.67. The van der Waals surface area contributed by atoms with Crippen LogP contribution < -0.4 is 5.32 Å². The summed E-state index contributed by atoms with van der Waals surface area (Å²) in [5.74, 6) is -0.0700. The average molecular weight is 350 g/mol. The largest absolute Gasteiger partial charge is 0.324 e. The Kier molecular flexibility index (Phi) is 3.42. The van der Waals surface area contributed by atoms with E-state index in [0.29, 0.717) is 15.9 Å². The second-order valence-electron chi connectivity index (χ2n) is 5.52. The summed E-state index contributed by atoms with van der Waals surface area (Å²) in [6.07, 6.45) is -0.961. The number of nitrogens with zero attached hydrogens (tertiary/aromatic N) is 1. The number of hydrogen-bond donors (Lipinski definition) is 1. The number of halogens is 2. The number of carbonyl (C=O) groups excluding carboxylic acids is 1. The van der Waals surface area contributed by atoms with Gasteiger partial charge < -0.3 is 5.32 Å². The molecule has 0 spiro atoms. The zero-order valence-corrected chi connectivity index (χ0v) is 13.5. The number of thiophene rings is 1. The summed E-state index contributed by atoms with van der Waals surface area (Å²) in [4.78, 5) is 17.7. The molecule has 0 saturated heterocycles. The number of rotatable bonds is 4. The molecule has 1 aliphatic carbocycles. The number of nitrogens with one attached hydrogen (secondary N) is 1. The summed E-state index contributed by atoms with van der Waals surface area (Å²) in [6, 6.07) is 9.04. The molecular formula is C16H12F2N2OS2. The van der Waals surface area contributed by atoms with E-state index in [1.54, 1.807) is 29.5 Å². The number of aromatic nitrogens is 1. The zero-order chi connectivity index (χ0) is 16.0. The van der Waals surface area contributed by atoms with Gasteiger partial charge in [-0.2, -0.15) is 0 Å². The topological polar surface area (TPSA) is 42.0 Å². The second kappa shape index (κ2) is 5.35. The lowest BCUT2D eigenvalue weighted by atomic mass is 10.0. The molecule has 7 heteroatoms. The van der Waals surface area contributed by atoms with Gasteiger partial charge in [0.05, 0.1) is 21.3 Å². The third kappa shape index (κ3) is 2.44. The van der Waals surface area contributed by atoms with Gasteiger partial charge in [0.2, 0.25) is 5.91 Å². The van der Waals surface area contributed by atoms with E-state index in [4.69, 9.17) is 0 Å². The zero-order valence-electron chi connectivity index (χ0n) is 11.9. The summed E-state index contributed by atoms with van der Waals surface area (Å²) < 4.78 is 26.3. The van der Waals surface area contributed by atoms with Crippen molar-refractivity contribution in [3.63, 3.8) is 0 Å². The summed E-state index contributed by atoms with van der Waals surface area (Å²) in [6.45, 7) is 0. The van der Waals surface area contributed by atoms with Crippen LogP contribution >= 0.6 is 22.7 Å². The first-order chi connectivity index (χ1) is 11.1. The first kappa shape index (κ1) is 14.7. The van der Waals surface area contributed by atoms with E-state index in [-0.39, 0.29) is 10.9 Å². The molecule has 1 N–H and O–H groups in total. The molecule has 1 aromatic carbocycles. The SMILES string of the molecule is O=C(Nc1cccc2nc(C(F)F)sc12)C1(c2cccs2)CC1. The van der Waals surface area contributed by atoms with Crippen LogP contribution in [-0.4, -0.2) is 10.9 Å². The number of fused-ring (bicyclic) bond motifs is 1. The molecule has 0 bridgehead atoms. The van der Waals surface area contributed by atoms with E-state index in [9.17, 15) is 13.6 Å². The van der Waals surface area contributed by atoms with Crippen molar-refractivity contribution in [3.8, 4) is 0 Å². The predicted octanol–water partition coefficient (Wildman–Crippen LogP) is 4.97. The molecule has 1 aliphatic rings. The van der Waals surface area contributed by atoms with E-state index in [0.717, 1.165) is 29.1 Å². The molecule has 1 saturated carbocycles. The van der Waals surface area contributed by atoms with Gasteiger partial charge in [0.1, 0.15) is 0 Å². The molecule has 2 heterocycles. The Morgan fingerprint density at radius 2 is 2.09 bits per heavy atom. The fourth-order valence-electron chi connectivity index (χ4n) is 2.66. The van der Waals surface area contributed by atoms with Crippen molar-refractivity contribution in [2.24, 2.45) is 0 Å². The van der Waals surface area contributed by atoms with Crippen molar-refractivity contribution in [1.29, 1.82) is 0 Å². The van der Waals surface area contributed by atoms with Crippen LogP contribution in [-0.2, 0) is 10.2 Å². The highest BCUT2D eigenvalue weighted by molar-refractivity contribution is 7.19. The first-order valence-electron chi connectivity index (χ1n) is 7.13. The highest BCUT2D eigenvalue weighted by Gasteiger charge is 2.52. The Bertz CT molecular complexity index is 869. The molecule has 1 amide bonds. The van der Waals surface area contributed by atoms with Crippen LogP contribution in [0.25, 0.3) is 10.2 Å². The molecule has 3 aromatic rings. The van der Waals surface area contributed by atoms with E-state index >= 15 is 0 Å². The first-order valence-corrected chi connectivity index (χ1v) is 8.83. The molecule has 1 fully saturated rings. The summed E-state index contributed by atoms with van der Waals surface area (Å²) in [7, 11) is 0. The van der Waals surface area contributed by atoms with Crippen molar-refractivity contribution < 1.29 is 13.6 Å². The summed E-state index contributed by atoms with van der Waals surface area (Å²) in [5, 5.41) is 4.66. The van der Waals surface area contributed by atoms with Gasteiger partial charge >= 0.3 is 0 Å². The van der Waals surface area contributed by atoms with Crippen LogP contribution in [0.3, 0.4) is 0 Å². The van der Waals surface area contributed by atoms with E-state index in [1.807, 2.05) is 17.5 Å². The third-order valence-electron chi connectivity index (χ3n) is 4.04. The van der Waals surface area contributed by atoms with Gasteiger partial charge in [-0.15, -0.1) is 22.7 Å². The fraction of sp³-hybridized carbons (Fsp3) is 0.250. The number of thiazole rings is 1. The molecule has 0 unspecified atom stereocenters. The minimum atomic E-state index is -2.60. The maximum Gasteiger partial charge on any atom is 0.289 e. The molecule has 0 aliphatic heterocycles. The lowest BCUT2D eigenvalue weighted by Crippen LogP contribution is -2.26. The monoisotopic (exact) mass is 350 g/mol. The molecule has 0 radical (unpaired) electrons. The molecule has 3 nitrogen and oxygen atoms in total. The maximum absolute atomic E-state index is 12.8. The minimum Gasteiger partial charge on any atom is -0.324 e.